The van der Waals surface area contributed by atoms with Gasteiger partial charge in [0, 0.05) is 29.6 Å². The second-order valence-corrected chi connectivity index (χ2v) is 5.73. The van der Waals surface area contributed by atoms with Crippen LogP contribution < -0.4 is 15.2 Å². The fourth-order valence-corrected chi connectivity index (χ4v) is 3.18. The molecule has 0 saturated heterocycles. The van der Waals surface area contributed by atoms with Crippen LogP contribution in [0, 0.1) is 6.07 Å². The van der Waals surface area contributed by atoms with Crippen molar-refractivity contribution in [3.05, 3.63) is 54.0 Å². The molecular weight excluding hydrogens is 306 g/mol. The second kappa shape index (κ2) is 5.56. The lowest BCUT2D eigenvalue weighted by Crippen LogP contribution is -2.28. The quantitative estimate of drug-likeness (QED) is 0.801. The Balaban J connectivity index is 1.79. The van der Waals surface area contributed by atoms with Gasteiger partial charge in [-0.1, -0.05) is 0 Å². The fraction of sp³-hybridized carbons (Fsp3) is 0.222. The van der Waals surface area contributed by atoms with Crippen molar-refractivity contribution in [1.29, 1.82) is 0 Å². The monoisotopic (exact) mass is 322 g/mol. The third kappa shape index (κ3) is 2.27. The lowest BCUT2D eigenvalue weighted by molar-refractivity contribution is 0.0985. The van der Waals surface area contributed by atoms with Crippen LogP contribution in [0.5, 0.6) is 11.5 Å². The number of primary amides is 1. The molecule has 6 heteroatoms. The number of carbonyl (C=O) groups excluding carboxylic acids is 1. The van der Waals surface area contributed by atoms with E-state index in [0.717, 1.165) is 28.0 Å². The van der Waals surface area contributed by atoms with E-state index in [1.807, 2.05) is 29.0 Å². The third-order valence-corrected chi connectivity index (χ3v) is 4.36. The molecule has 1 aliphatic heterocycles. The van der Waals surface area contributed by atoms with Gasteiger partial charge in [0.05, 0.1) is 24.9 Å². The molecule has 6 nitrogen and oxygen atoms in total. The molecule has 121 valence electrons. The molecule has 1 aliphatic rings. The Hall–Kier alpha value is -3.02. The first-order valence-electron chi connectivity index (χ1n) is 7.64. The summed E-state index contributed by atoms with van der Waals surface area (Å²) in [7, 11) is 1.64. The maximum atomic E-state index is 11.6. The maximum absolute atomic E-state index is 11.6. The number of nitrogens with zero attached hydrogens (tertiary/aromatic N) is 2. The molecule has 24 heavy (non-hydrogen) atoms. The summed E-state index contributed by atoms with van der Waals surface area (Å²) in [6.45, 7) is 0.451. The molecular formula is C18H16N3O3. The van der Waals surface area contributed by atoms with Crippen LogP contribution in [0.25, 0.3) is 10.9 Å². The van der Waals surface area contributed by atoms with E-state index < -0.39 is 5.91 Å². The molecule has 0 spiro atoms. The topological polar surface area (TPSA) is 79.4 Å². The van der Waals surface area contributed by atoms with Crippen LogP contribution in [-0.4, -0.2) is 29.2 Å². The Labute approximate surface area is 138 Å². The molecule has 3 aromatic rings. The van der Waals surface area contributed by atoms with E-state index in [1.54, 1.807) is 19.4 Å². The average Bonchev–Trinajstić information content (AvgIpc) is 3.10. The zero-order valence-electron chi connectivity index (χ0n) is 13.2. The number of hydrogen-bond donors (Lipinski definition) is 1. The molecule has 0 saturated carbocycles. The number of methoxy groups -OCH3 is 1. The molecule has 2 aromatic heterocycles. The minimum atomic E-state index is -0.493. The first-order chi connectivity index (χ1) is 11.7. The molecule has 1 unspecified atom stereocenters. The van der Waals surface area contributed by atoms with E-state index in [9.17, 15) is 4.79 Å². The highest BCUT2D eigenvalue weighted by atomic mass is 16.5. The normalized spacial score (nSPS) is 16.5. The maximum Gasteiger partial charge on any atom is 0.265 e. The van der Waals surface area contributed by atoms with Gasteiger partial charge in [-0.05, 0) is 24.3 Å². The van der Waals surface area contributed by atoms with Gasteiger partial charge in [-0.2, -0.15) is 0 Å². The zero-order valence-corrected chi connectivity index (χ0v) is 13.2. The first kappa shape index (κ1) is 14.6. The Kier molecular flexibility index (Phi) is 3.37. The van der Waals surface area contributed by atoms with Crippen LogP contribution in [0.2, 0.25) is 0 Å². The summed E-state index contributed by atoms with van der Waals surface area (Å²) < 4.78 is 13.0. The predicted octanol–water partition coefficient (Wildman–Crippen LogP) is 2.12. The minimum absolute atomic E-state index is 0.0250. The van der Waals surface area contributed by atoms with Crippen LogP contribution in [0.15, 0.2) is 36.7 Å². The van der Waals surface area contributed by atoms with Crippen molar-refractivity contribution in [3.63, 3.8) is 0 Å². The first-order valence-corrected chi connectivity index (χ1v) is 7.64. The molecule has 1 atom stereocenters. The Morgan fingerprint density at radius 1 is 1.50 bits per heavy atom. The molecule has 2 N–H and O–H groups in total. The third-order valence-electron chi connectivity index (χ3n) is 4.36. The molecule has 0 aliphatic carbocycles. The van der Waals surface area contributed by atoms with Gasteiger partial charge in [0.2, 0.25) is 0 Å². The van der Waals surface area contributed by atoms with E-state index in [2.05, 4.69) is 11.1 Å². The Bertz CT molecular complexity index is 927. The average molecular weight is 322 g/mol. The van der Waals surface area contributed by atoms with Gasteiger partial charge in [-0.3, -0.25) is 9.78 Å². The van der Waals surface area contributed by atoms with Crippen molar-refractivity contribution in [2.75, 3.05) is 13.7 Å². The van der Waals surface area contributed by atoms with Gasteiger partial charge < -0.3 is 19.8 Å². The van der Waals surface area contributed by atoms with E-state index in [4.69, 9.17) is 15.2 Å². The van der Waals surface area contributed by atoms with Crippen LogP contribution in [-0.2, 0) is 6.42 Å². The summed E-state index contributed by atoms with van der Waals surface area (Å²) in [6, 6.07) is 10.3. The van der Waals surface area contributed by atoms with Crippen LogP contribution in [0.1, 0.15) is 22.1 Å². The van der Waals surface area contributed by atoms with Crippen LogP contribution in [0.4, 0.5) is 0 Å². The van der Waals surface area contributed by atoms with Crippen LogP contribution in [0.3, 0.4) is 0 Å². The number of nitrogens with two attached hydrogens (primary N) is 1. The summed E-state index contributed by atoms with van der Waals surface area (Å²) in [5, 5.41) is 0.994. The number of fused-ring (bicyclic) bond motifs is 3. The number of amides is 1. The van der Waals surface area contributed by atoms with E-state index in [-0.39, 0.29) is 6.04 Å². The molecule has 1 radical (unpaired) electrons. The number of ether oxygens (including phenoxy) is 2. The van der Waals surface area contributed by atoms with Crippen molar-refractivity contribution in [2.24, 2.45) is 5.73 Å². The number of pyridine rings is 1. The number of hydrogen-bond acceptors (Lipinski definition) is 4. The van der Waals surface area contributed by atoms with Gasteiger partial charge >= 0.3 is 0 Å². The predicted molar refractivity (Wildman–Crippen MR) is 88.3 cm³/mol. The highest BCUT2D eigenvalue weighted by Crippen LogP contribution is 2.35. The lowest BCUT2D eigenvalue weighted by atomic mass is 9.98. The van der Waals surface area contributed by atoms with Crippen molar-refractivity contribution in [2.45, 2.75) is 12.5 Å². The van der Waals surface area contributed by atoms with Gasteiger partial charge in [0.15, 0.2) is 0 Å². The highest BCUT2D eigenvalue weighted by Gasteiger charge is 2.25. The van der Waals surface area contributed by atoms with Crippen molar-refractivity contribution in [1.82, 2.24) is 9.55 Å². The van der Waals surface area contributed by atoms with Crippen LogP contribution >= 0.6 is 0 Å². The number of rotatable bonds is 3. The summed E-state index contributed by atoms with van der Waals surface area (Å²) >= 11 is 0. The molecule has 0 bridgehead atoms. The van der Waals surface area contributed by atoms with E-state index in [1.165, 1.54) is 0 Å². The summed E-state index contributed by atoms with van der Waals surface area (Å²) in [5.41, 5.74) is 7.73. The Morgan fingerprint density at radius 2 is 2.38 bits per heavy atom. The molecule has 1 aromatic carbocycles. The standard InChI is InChI=1S/C18H16N3O3/c1-23-12-4-5-15-13(8-12)14-7-11(10-24-17(14)9-20-15)21-6-2-3-16(21)18(19)22/h2,4-6,8-9,11H,7,10H2,1H3,(H2,19,22). The van der Waals surface area contributed by atoms with Gasteiger partial charge in [0.1, 0.15) is 23.8 Å². The number of benzene rings is 1. The van der Waals surface area contributed by atoms with E-state index in [0.29, 0.717) is 18.7 Å². The Morgan fingerprint density at radius 3 is 3.17 bits per heavy atom. The van der Waals surface area contributed by atoms with Crippen molar-refractivity contribution < 1.29 is 14.3 Å². The van der Waals surface area contributed by atoms with E-state index >= 15 is 0 Å². The largest absolute Gasteiger partial charge is 0.497 e. The zero-order chi connectivity index (χ0) is 16.7. The minimum Gasteiger partial charge on any atom is -0.497 e. The van der Waals surface area contributed by atoms with Crippen molar-refractivity contribution in [3.8, 4) is 11.5 Å². The summed E-state index contributed by atoms with van der Waals surface area (Å²) in [4.78, 5) is 16.0. The highest BCUT2D eigenvalue weighted by molar-refractivity contribution is 5.91. The second-order valence-electron chi connectivity index (χ2n) is 5.73. The molecule has 4 rings (SSSR count). The van der Waals surface area contributed by atoms with Crippen molar-refractivity contribution >= 4 is 16.8 Å². The summed E-state index contributed by atoms with van der Waals surface area (Å²) in [6.07, 6.45) is 4.27. The lowest BCUT2D eigenvalue weighted by Gasteiger charge is -2.28. The molecule has 0 fully saturated rings. The number of carbonyl (C=O) groups is 1. The number of aromatic nitrogens is 2. The van der Waals surface area contributed by atoms with Gasteiger partial charge in [-0.25, -0.2) is 0 Å². The van der Waals surface area contributed by atoms with Gasteiger partial charge in [-0.15, -0.1) is 0 Å². The molecule has 1 amide bonds. The SMILES string of the molecule is COc1ccc2ncc3c(c2c1)CC(n1cc[c]c1C(N)=O)CO3. The smallest absolute Gasteiger partial charge is 0.265 e. The van der Waals surface area contributed by atoms with Gasteiger partial charge in [0.25, 0.3) is 5.91 Å². The summed E-state index contributed by atoms with van der Waals surface area (Å²) in [5.74, 6) is 1.04. The molecule has 3 heterocycles. The fourth-order valence-electron chi connectivity index (χ4n) is 3.18.